The van der Waals surface area contributed by atoms with Crippen LogP contribution in [0.5, 0.6) is 0 Å². The minimum atomic E-state index is -0.565. The maximum Gasteiger partial charge on any atom is 0.358 e. The van der Waals surface area contributed by atoms with Gasteiger partial charge in [0.05, 0.1) is 13.2 Å². The van der Waals surface area contributed by atoms with Crippen LogP contribution in [0, 0.1) is 0 Å². The van der Waals surface area contributed by atoms with Crippen molar-refractivity contribution in [1.29, 1.82) is 0 Å². The zero-order valence-electron chi connectivity index (χ0n) is 11.8. The van der Waals surface area contributed by atoms with E-state index in [9.17, 15) is 9.59 Å². The fourth-order valence-electron chi connectivity index (χ4n) is 2.20. The molecule has 0 bridgehead atoms. The van der Waals surface area contributed by atoms with E-state index in [0.29, 0.717) is 10.0 Å². The number of esters is 1. The zero-order valence-corrected chi connectivity index (χ0v) is 12.7. The number of hydrogen-bond acceptors (Lipinski definition) is 7. The van der Waals surface area contributed by atoms with Crippen LogP contribution in [0.2, 0.25) is 0 Å². The van der Waals surface area contributed by atoms with Gasteiger partial charge in [-0.25, -0.2) is 9.78 Å². The van der Waals surface area contributed by atoms with Crippen LogP contribution in [-0.4, -0.2) is 50.1 Å². The second kappa shape index (κ2) is 6.32. The van der Waals surface area contributed by atoms with E-state index in [4.69, 9.17) is 4.74 Å². The first kappa shape index (κ1) is 14.9. The third kappa shape index (κ3) is 2.99. The largest absolute Gasteiger partial charge is 0.464 e. The van der Waals surface area contributed by atoms with E-state index in [-0.39, 0.29) is 17.6 Å². The number of piperidine rings is 1. The summed E-state index contributed by atoms with van der Waals surface area (Å²) in [6, 6.07) is 0. The molecule has 0 spiro atoms. The van der Waals surface area contributed by atoms with Gasteiger partial charge in [-0.1, -0.05) is 11.3 Å². The summed E-state index contributed by atoms with van der Waals surface area (Å²) >= 11 is 1.25. The molecule has 0 aromatic carbocycles. The van der Waals surface area contributed by atoms with Crippen LogP contribution in [0.1, 0.15) is 39.9 Å². The van der Waals surface area contributed by atoms with Gasteiger partial charge in [-0.05, 0) is 12.8 Å². The molecule has 0 unspecified atom stereocenters. The number of anilines is 1. The molecule has 1 aliphatic heterocycles. The Kier molecular flexibility index (Phi) is 4.72. The van der Waals surface area contributed by atoms with E-state index in [2.05, 4.69) is 14.6 Å². The summed E-state index contributed by atoms with van der Waals surface area (Å²) in [6.45, 7) is 3.05. The van der Waals surface area contributed by atoms with Crippen molar-refractivity contribution in [1.82, 2.24) is 4.98 Å². The number of carbonyl (C=O) groups is 2. The van der Waals surface area contributed by atoms with E-state index in [1.165, 1.54) is 25.4 Å². The van der Waals surface area contributed by atoms with Crippen molar-refractivity contribution in [3.05, 3.63) is 10.6 Å². The highest BCUT2D eigenvalue weighted by Gasteiger charge is 2.26. The Labute approximate surface area is 121 Å². The number of hydrogen-bond donors (Lipinski definition) is 0. The normalized spacial score (nSPS) is 16.2. The Balaban J connectivity index is 2.21. The van der Waals surface area contributed by atoms with Gasteiger partial charge in [0, 0.05) is 27.1 Å². The predicted molar refractivity (Wildman–Crippen MR) is 75.7 cm³/mol. The lowest BCUT2D eigenvalue weighted by Crippen LogP contribution is -2.36. The molecule has 6 nitrogen and oxygen atoms in total. The topological polar surface area (TPSA) is 68.7 Å². The first-order valence-corrected chi connectivity index (χ1v) is 7.26. The minimum absolute atomic E-state index is 0.119. The maximum atomic E-state index is 11.7. The van der Waals surface area contributed by atoms with Gasteiger partial charge in [-0.3, -0.25) is 4.79 Å². The molecule has 1 saturated heterocycles. The molecule has 1 aromatic rings. The van der Waals surface area contributed by atoms with Crippen LogP contribution < -0.4 is 4.90 Å². The van der Waals surface area contributed by atoms with E-state index in [1.54, 1.807) is 7.11 Å². The third-order valence-electron chi connectivity index (χ3n) is 3.36. The highest BCUT2D eigenvalue weighted by atomic mass is 32.1. The lowest BCUT2D eigenvalue weighted by molar-refractivity contribution is 0.0591. The third-order valence-corrected chi connectivity index (χ3v) is 4.58. The molecule has 110 valence electrons. The van der Waals surface area contributed by atoms with Crippen molar-refractivity contribution in [2.45, 2.75) is 25.9 Å². The summed E-state index contributed by atoms with van der Waals surface area (Å²) in [7, 11) is 3.00. The van der Waals surface area contributed by atoms with Crippen molar-refractivity contribution in [3.63, 3.8) is 0 Å². The lowest BCUT2D eigenvalue weighted by Gasteiger charge is -2.30. The average molecular weight is 298 g/mol. The maximum absolute atomic E-state index is 11.7. The molecule has 0 radical (unpaired) electrons. The number of methoxy groups -OCH3 is 2. The standard InChI is InChI=1S/C13H18N2O4S/c1-8(16)11-10(12(17)19-3)14-13(20-11)15-6-4-9(18-2)5-7-15/h9H,4-7H2,1-3H3. The van der Waals surface area contributed by atoms with Crippen LogP contribution >= 0.6 is 11.3 Å². The highest BCUT2D eigenvalue weighted by Crippen LogP contribution is 2.29. The quantitative estimate of drug-likeness (QED) is 0.623. The number of rotatable bonds is 4. The summed E-state index contributed by atoms with van der Waals surface area (Å²) < 4.78 is 10.0. The minimum Gasteiger partial charge on any atom is -0.464 e. The molecule has 0 saturated carbocycles. The molecule has 2 heterocycles. The summed E-state index contributed by atoms with van der Waals surface area (Å²) in [5, 5.41) is 0.699. The molecule has 20 heavy (non-hydrogen) atoms. The number of ether oxygens (including phenoxy) is 2. The van der Waals surface area contributed by atoms with Gasteiger partial charge >= 0.3 is 5.97 Å². The van der Waals surface area contributed by atoms with Gasteiger partial charge in [0.25, 0.3) is 0 Å². The second-order valence-electron chi connectivity index (χ2n) is 4.64. The Bertz CT molecular complexity index is 506. The summed E-state index contributed by atoms with van der Waals surface area (Å²) in [5.74, 6) is -0.731. The summed E-state index contributed by atoms with van der Waals surface area (Å²) in [5.41, 5.74) is 0.119. The number of carbonyl (C=O) groups excluding carboxylic acids is 2. The molecule has 1 fully saturated rings. The number of nitrogens with zero attached hydrogens (tertiary/aromatic N) is 2. The van der Waals surface area contributed by atoms with E-state index >= 15 is 0 Å². The van der Waals surface area contributed by atoms with Crippen LogP contribution in [0.25, 0.3) is 0 Å². The molecule has 0 aliphatic carbocycles. The number of aromatic nitrogens is 1. The Morgan fingerprint density at radius 2 is 1.95 bits per heavy atom. The van der Waals surface area contributed by atoms with E-state index in [0.717, 1.165) is 25.9 Å². The van der Waals surface area contributed by atoms with Crippen molar-refractivity contribution >= 4 is 28.2 Å². The molecule has 0 N–H and O–H groups in total. The van der Waals surface area contributed by atoms with E-state index in [1.807, 2.05) is 0 Å². The van der Waals surface area contributed by atoms with Crippen molar-refractivity contribution in [2.24, 2.45) is 0 Å². The predicted octanol–water partition coefficient (Wildman–Crippen LogP) is 1.75. The number of ketones is 1. The van der Waals surface area contributed by atoms with Crippen molar-refractivity contribution in [2.75, 3.05) is 32.2 Å². The fraction of sp³-hybridized carbons (Fsp3) is 0.615. The molecule has 7 heteroatoms. The van der Waals surface area contributed by atoms with Crippen LogP contribution in [-0.2, 0) is 9.47 Å². The van der Waals surface area contributed by atoms with Crippen molar-refractivity contribution in [3.8, 4) is 0 Å². The first-order valence-electron chi connectivity index (χ1n) is 6.44. The van der Waals surface area contributed by atoms with Crippen LogP contribution in [0.3, 0.4) is 0 Å². The van der Waals surface area contributed by atoms with E-state index < -0.39 is 5.97 Å². The van der Waals surface area contributed by atoms with Gasteiger partial charge in [0.1, 0.15) is 4.88 Å². The SMILES string of the molecule is COC(=O)c1nc(N2CCC(OC)CC2)sc1C(C)=O. The smallest absolute Gasteiger partial charge is 0.358 e. The van der Waals surface area contributed by atoms with Gasteiger partial charge in [-0.15, -0.1) is 0 Å². The van der Waals surface area contributed by atoms with Gasteiger partial charge in [0.15, 0.2) is 16.6 Å². The molecule has 1 aliphatic rings. The zero-order chi connectivity index (χ0) is 14.7. The lowest BCUT2D eigenvalue weighted by atomic mass is 10.1. The number of thiazole rings is 1. The second-order valence-corrected chi connectivity index (χ2v) is 5.62. The van der Waals surface area contributed by atoms with Gasteiger partial charge in [-0.2, -0.15) is 0 Å². The van der Waals surface area contributed by atoms with Crippen molar-refractivity contribution < 1.29 is 19.1 Å². The highest BCUT2D eigenvalue weighted by molar-refractivity contribution is 7.17. The average Bonchev–Trinajstić information content (AvgIpc) is 2.92. The molecule has 2 rings (SSSR count). The van der Waals surface area contributed by atoms with Crippen LogP contribution in [0.15, 0.2) is 0 Å². The summed E-state index contributed by atoms with van der Waals surface area (Å²) in [4.78, 5) is 30.0. The molecular formula is C13H18N2O4S. The monoisotopic (exact) mass is 298 g/mol. The Morgan fingerprint density at radius 1 is 1.30 bits per heavy atom. The summed E-state index contributed by atoms with van der Waals surface area (Å²) in [6.07, 6.45) is 2.11. The van der Waals surface area contributed by atoms with Gasteiger partial charge < -0.3 is 14.4 Å². The number of Topliss-reactive ketones (excluding diaryl/α,β-unsaturated/α-hetero) is 1. The molecule has 0 atom stereocenters. The Hall–Kier alpha value is -1.47. The first-order chi connectivity index (χ1) is 9.56. The molecule has 0 amide bonds. The van der Waals surface area contributed by atoms with Gasteiger partial charge in [0.2, 0.25) is 0 Å². The molecular weight excluding hydrogens is 280 g/mol. The Morgan fingerprint density at radius 3 is 2.45 bits per heavy atom. The fourth-order valence-corrected chi connectivity index (χ4v) is 3.20. The van der Waals surface area contributed by atoms with Crippen LogP contribution in [0.4, 0.5) is 5.13 Å². The molecule has 1 aromatic heterocycles.